The van der Waals surface area contributed by atoms with Crippen molar-refractivity contribution >= 4 is 23.0 Å². The first-order valence-electron chi connectivity index (χ1n) is 9.71. The predicted molar refractivity (Wildman–Crippen MR) is 111 cm³/mol. The molecule has 1 fully saturated rings. The Balaban J connectivity index is 1.44. The van der Waals surface area contributed by atoms with Crippen LogP contribution in [0.1, 0.15) is 18.4 Å². The molecule has 0 saturated carbocycles. The molecule has 0 amide bonds. The number of aromatic nitrogens is 2. The smallest absolute Gasteiger partial charge is 0.159 e. The quantitative estimate of drug-likeness (QED) is 0.664. The van der Waals surface area contributed by atoms with Crippen molar-refractivity contribution in [3.05, 3.63) is 72.1 Å². The number of nitrogen functional groups attached to an aromatic ring is 1. The topological polar surface area (TPSA) is 67.1 Å². The van der Waals surface area contributed by atoms with E-state index < -0.39 is 11.6 Å². The van der Waals surface area contributed by atoms with Crippen molar-refractivity contribution in [1.82, 2.24) is 9.97 Å². The molecule has 2 aromatic carbocycles. The maximum atomic E-state index is 13.9. The Morgan fingerprint density at radius 1 is 1.03 bits per heavy atom. The molecule has 5 nitrogen and oxygen atoms in total. The van der Waals surface area contributed by atoms with E-state index in [1.165, 1.54) is 24.0 Å². The molecule has 3 aromatic rings. The SMILES string of the molecule is Nc1c(Nc2ccc(F)cc2F)ncnc1N1CCC(Cc2ccccc2)CC1. The average Bonchev–Trinajstić information content (AvgIpc) is 2.73. The third-order valence-corrected chi connectivity index (χ3v) is 5.33. The molecule has 0 bridgehead atoms. The number of anilines is 4. The minimum Gasteiger partial charge on any atom is -0.393 e. The summed E-state index contributed by atoms with van der Waals surface area (Å²) in [5.74, 6) is 0.242. The Hall–Kier alpha value is -3.22. The fourth-order valence-electron chi connectivity index (χ4n) is 3.75. The summed E-state index contributed by atoms with van der Waals surface area (Å²) >= 11 is 0. The van der Waals surface area contributed by atoms with Crippen LogP contribution in [0.25, 0.3) is 0 Å². The van der Waals surface area contributed by atoms with Crippen LogP contribution >= 0.6 is 0 Å². The van der Waals surface area contributed by atoms with Crippen LogP contribution in [0.2, 0.25) is 0 Å². The first-order chi connectivity index (χ1) is 14.1. The molecule has 29 heavy (non-hydrogen) atoms. The minimum atomic E-state index is -0.703. The molecule has 1 aliphatic rings. The largest absolute Gasteiger partial charge is 0.393 e. The highest BCUT2D eigenvalue weighted by atomic mass is 19.1. The van der Waals surface area contributed by atoms with Gasteiger partial charge in [0.1, 0.15) is 23.6 Å². The molecule has 1 aromatic heterocycles. The lowest BCUT2D eigenvalue weighted by atomic mass is 9.90. The molecule has 0 atom stereocenters. The molecule has 0 radical (unpaired) electrons. The van der Waals surface area contributed by atoms with Gasteiger partial charge in [-0.1, -0.05) is 30.3 Å². The van der Waals surface area contributed by atoms with Gasteiger partial charge in [-0.15, -0.1) is 0 Å². The van der Waals surface area contributed by atoms with Gasteiger partial charge in [0.05, 0.1) is 5.69 Å². The first-order valence-corrected chi connectivity index (χ1v) is 9.71. The monoisotopic (exact) mass is 395 g/mol. The van der Waals surface area contributed by atoms with Crippen LogP contribution in [0.3, 0.4) is 0 Å². The van der Waals surface area contributed by atoms with Gasteiger partial charge in [-0.05, 0) is 42.9 Å². The summed E-state index contributed by atoms with van der Waals surface area (Å²) in [6.07, 6.45) is 4.58. The van der Waals surface area contributed by atoms with E-state index >= 15 is 0 Å². The predicted octanol–water partition coefficient (Wildman–Crippen LogP) is 4.54. The lowest BCUT2D eigenvalue weighted by molar-refractivity contribution is 0.402. The van der Waals surface area contributed by atoms with E-state index in [9.17, 15) is 8.78 Å². The molecule has 7 heteroatoms. The molecular formula is C22H23F2N5. The summed E-state index contributed by atoms with van der Waals surface area (Å²) in [4.78, 5) is 10.6. The Morgan fingerprint density at radius 3 is 2.52 bits per heavy atom. The summed E-state index contributed by atoms with van der Waals surface area (Å²) in [6, 6.07) is 13.8. The van der Waals surface area contributed by atoms with E-state index in [1.807, 2.05) is 6.07 Å². The van der Waals surface area contributed by atoms with Crippen LogP contribution in [-0.4, -0.2) is 23.1 Å². The molecule has 1 saturated heterocycles. The van der Waals surface area contributed by atoms with E-state index in [4.69, 9.17) is 5.73 Å². The zero-order valence-electron chi connectivity index (χ0n) is 16.0. The van der Waals surface area contributed by atoms with E-state index in [0.717, 1.165) is 38.4 Å². The number of hydrogen-bond donors (Lipinski definition) is 2. The van der Waals surface area contributed by atoms with Crippen LogP contribution < -0.4 is 16.0 Å². The van der Waals surface area contributed by atoms with Gasteiger partial charge in [-0.2, -0.15) is 0 Å². The minimum absolute atomic E-state index is 0.115. The lowest BCUT2D eigenvalue weighted by Crippen LogP contribution is -2.35. The second-order valence-electron chi connectivity index (χ2n) is 7.33. The van der Waals surface area contributed by atoms with Crippen molar-refractivity contribution in [3.8, 4) is 0 Å². The highest BCUT2D eigenvalue weighted by Crippen LogP contribution is 2.32. The third-order valence-electron chi connectivity index (χ3n) is 5.33. The lowest BCUT2D eigenvalue weighted by Gasteiger charge is -2.33. The van der Waals surface area contributed by atoms with Gasteiger partial charge in [0.15, 0.2) is 11.6 Å². The summed E-state index contributed by atoms with van der Waals surface area (Å²) in [5.41, 5.74) is 8.11. The van der Waals surface area contributed by atoms with Gasteiger partial charge in [-0.3, -0.25) is 0 Å². The zero-order valence-corrected chi connectivity index (χ0v) is 16.0. The third kappa shape index (κ3) is 4.45. The van der Waals surface area contributed by atoms with Crippen molar-refractivity contribution < 1.29 is 8.78 Å². The number of benzene rings is 2. The number of rotatable bonds is 5. The highest BCUT2D eigenvalue weighted by molar-refractivity contribution is 5.78. The number of piperidine rings is 1. The van der Waals surface area contributed by atoms with Crippen molar-refractivity contribution in [2.24, 2.45) is 5.92 Å². The van der Waals surface area contributed by atoms with E-state index in [-0.39, 0.29) is 5.69 Å². The fraction of sp³-hybridized carbons (Fsp3) is 0.273. The summed E-state index contributed by atoms with van der Waals surface area (Å²) in [7, 11) is 0. The Kier molecular flexibility index (Phi) is 5.55. The number of halogens is 2. The summed E-state index contributed by atoms with van der Waals surface area (Å²) in [6.45, 7) is 1.70. The molecule has 0 aliphatic carbocycles. The van der Waals surface area contributed by atoms with Crippen molar-refractivity contribution in [1.29, 1.82) is 0 Å². The highest BCUT2D eigenvalue weighted by Gasteiger charge is 2.23. The van der Waals surface area contributed by atoms with Crippen LogP contribution in [-0.2, 0) is 6.42 Å². The van der Waals surface area contributed by atoms with Gasteiger partial charge in [0, 0.05) is 19.2 Å². The summed E-state index contributed by atoms with van der Waals surface area (Å²) < 4.78 is 27.1. The second-order valence-corrected chi connectivity index (χ2v) is 7.33. The van der Waals surface area contributed by atoms with E-state index in [2.05, 4.69) is 44.5 Å². The van der Waals surface area contributed by atoms with Gasteiger partial charge in [-0.25, -0.2) is 18.7 Å². The molecular weight excluding hydrogens is 372 g/mol. The molecule has 0 unspecified atom stereocenters. The van der Waals surface area contributed by atoms with Crippen molar-refractivity contribution in [3.63, 3.8) is 0 Å². The van der Waals surface area contributed by atoms with Gasteiger partial charge < -0.3 is 16.0 Å². The number of nitrogens with one attached hydrogen (secondary N) is 1. The molecule has 2 heterocycles. The van der Waals surface area contributed by atoms with Crippen molar-refractivity contribution in [2.75, 3.05) is 29.0 Å². The Bertz CT molecular complexity index is 972. The Morgan fingerprint density at radius 2 is 1.79 bits per heavy atom. The van der Waals surface area contributed by atoms with Crippen molar-refractivity contribution in [2.45, 2.75) is 19.3 Å². The van der Waals surface area contributed by atoms with Gasteiger partial charge >= 0.3 is 0 Å². The molecule has 150 valence electrons. The van der Waals surface area contributed by atoms with Crippen LogP contribution in [0.5, 0.6) is 0 Å². The molecule has 0 spiro atoms. The number of nitrogens with two attached hydrogens (primary N) is 1. The van der Waals surface area contributed by atoms with Crippen LogP contribution in [0, 0.1) is 17.6 Å². The normalized spacial score (nSPS) is 14.8. The van der Waals surface area contributed by atoms with E-state index in [0.29, 0.717) is 23.2 Å². The fourth-order valence-corrected chi connectivity index (χ4v) is 3.75. The van der Waals surface area contributed by atoms with Gasteiger partial charge in [0.2, 0.25) is 0 Å². The summed E-state index contributed by atoms with van der Waals surface area (Å²) in [5, 5.41) is 2.84. The Labute approximate surface area is 168 Å². The second kappa shape index (κ2) is 8.43. The zero-order chi connectivity index (χ0) is 20.2. The molecule has 1 aliphatic heterocycles. The molecule has 3 N–H and O–H groups in total. The maximum absolute atomic E-state index is 13.9. The maximum Gasteiger partial charge on any atom is 0.159 e. The van der Waals surface area contributed by atoms with Crippen LogP contribution in [0.15, 0.2) is 54.9 Å². The average molecular weight is 395 g/mol. The molecule has 4 rings (SSSR count). The number of hydrogen-bond acceptors (Lipinski definition) is 5. The van der Waals surface area contributed by atoms with Gasteiger partial charge in [0.25, 0.3) is 0 Å². The standard InChI is InChI=1S/C22H23F2N5/c23-17-6-7-19(18(24)13-17)28-21-20(25)22(27-14-26-21)29-10-8-16(9-11-29)12-15-4-2-1-3-5-15/h1-7,13-14,16H,8-12,25H2,(H,26,27,28). The number of nitrogens with zero attached hydrogens (tertiary/aromatic N) is 3. The van der Waals surface area contributed by atoms with Crippen LogP contribution in [0.4, 0.5) is 31.8 Å². The first kappa shape index (κ1) is 19.1. The van der Waals surface area contributed by atoms with E-state index in [1.54, 1.807) is 0 Å².